The highest BCUT2D eigenvalue weighted by Crippen LogP contribution is 2.39. The number of aromatic nitrogens is 1. The van der Waals surface area contributed by atoms with Crippen LogP contribution in [0.4, 0.5) is 5.13 Å². The van der Waals surface area contributed by atoms with Gasteiger partial charge in [0.1, 0.15) is 17.2 Å². The standard InChI is InChI=1S/C21H20N2O4S/c1-25-14-6-4-12-5-7-18-19(17(12)11-14)22-21(28-18)23-20(24)13-8-15(26-2)10-16(9-13)27-3/h4,6,8-11H,5,7H2,1-3H3,(H,22,23,24). The minimum atomic E-state index is -0.255. The summed E-state index contributed by atoms with van der Waals surface area (Å²) in [5.74, 6) is 1.66. The number of fused-ring (bicyclic) bond motifs is 3. The summed E-state index contributed by atoms with van der Waals surface area (Å²) in [5, 5.41) is 3.48. The fourth-order valence-electron chi connectivity index (χ4n) is 3.26. The largest absolute Gasteiger partial charge is 0.497 e. The molecule has 0 atom stereocenters. The van der Waals surface area contributed by atoms with Gasteiger partial charge in [0.15, 0.2) is 5.13 Å². The molecule has 1 aliphatic rings. The van der Waals surface area contributed by atoms with Crippen molar-refractivity contribution < 1.29 is 19.0 Å². The second-order valence-corrected chi connectivity index (χ2v) is 7.45. The van der Waals surface area contributed by atoms with E-state index >= 15 is 0 Å². The maximum atomic E-state index is 12.7. The number of carbonyl (C=O) groups excluding carboxylic acids is 1. The second kappa shape index (κ2) is 7.52. The van der Waals surface area contributed by atoms with E-state index in [1.807, 2.05) is 12.1 Å². The van der Waals surface area contributed by atoms with Gasteiger partial charge >= 0.3 is 0 Å². The number of anilines is 1. The Balaban J connectivity index is 1.62. The van der Waals surface area contributed by atoms with E-state index in [1.165, 1.54) is 21.8 Å². The normalized spacial score (nSPS) is 12.0. The molecule has 6 nitrogen and oxygen atoms in total. The number of nitrogens with one attached hydrogen (secondary N) is 1. The van der Waals surface area contributed by atoms with Gasteiger partial charge in [0.25, 0.3) is 5.91 Å². The molecule has 0 unspecified atom stereocenters. The topological polar surface area (TPSA) is 69.7 Å². The first kappa shape index (κ1) is 18.3. The van der Waals surface area contributed by atoms with Crippen LogP contribution in [0.5, 0.6) is 17.2 Å². The molecular formula is C21H20N2O4S. The van der Waals surface area contributed by atoms with Crippen LogP contribution in [0.25, 0.3) is 11.3 Å². The maximum Gasteiger partial charge on any atom is 0.257 e. The molecule has 2 aromatic carbocycles. The third-order valence-electron chi connectivity index (χ3n) is 4.72. The molecule has 1 heterocycles. The molecule has 1 aliphatic carbocycles. The summed E-state index contributed by atoms with van der Waals surface area (Å²) in [6.45, 7) is 0. The van der Waals surface area contributed by atoms with Gasteiger partial charge < -0.3 is 14.2 Å². The maximum absolute atomic E-state index is 12.7. The van der Waals surface area contributed by atoms with Crippen molar-refractivity contribution in [3.8, 4) is 28.5 Å². The van der Waals surface area contributed by atoms with Crippen molar-refractivity contribution in [2.24, 2.45) is 0 Å². The zero-order chi connectivity index (χ0) is 19.7. The van der Waals surface area contributed by atoms with Crippen molar-refractivity contribution in [2.45, 2.75) is 12.8 Å². The van der Waals surface area contributed by atoms with Crippen LogP contribution in [0.2, 0.25) is 0 Å². The summed E-state index contributed by atoms with van der Waals surface area (Å²) in [5.41, 5.74) is 3.68. The second-order valence-electron chi connectivity index (χ2n) is 6.37. The summed E-state index contributed by atoms with van der Waals surface area (Å²) in [4.78, 5) is 18.6. The van der Waals surface area contributed by atoms with Gasteiger partial charge in [-0.05, 0) is 42.7 Å². The Morgan fingerprint density at radius 2 is 1.68 bits per heavy atom. The van der Waals surface area contributed by atoms with Crippen molar-refractivity contribution in [3.63, 3.8) is 0 Å². The lowest BCUT2D eigenvalue weighted by Crippen LogP contribution is -2.12. The molecule has 28 heavy (non-hydrogen) atoms. The molecule has 7 heteroatoms. The van der Waals surface area contributed by atoms with Crippen LogP contribution in [0, 0.1) is 0 Å². The fraction of sp³-hybridized carbons (Fsp3) is 0.238. The Morgan fingerprint density at radius 3 is 2.36 bits per heavy atom. The molecule has 3 aromatic rings. The van der Waals surface area contributed by atoms with Crippen LogP contribution in [-0.4, -0.2) is 32.2 Å². The van der Waals surface area contributed by atoms with Crippen LogP contribution in [0.15, 0.2) is 36.4 Å². The number of amides is 1. The molecule has 0 radical (unpaired) electrons. The van der Waals surface area contributed by atoms with Crippen LogP contribution in [0.3, 0.4) is 0 Å². The van der Waals surface area contributed by atoms with Crippen molar-refractivity contribution in [2.75, 3.05) is 26.6 Å². The smallest absolute Gasteiger partial charge is 0.257 e. The Morgan fingerprint density at radius 1 is 0.964 bits per heavy atom. The van der Waals surface area contributed by atoms with Crippen LogP contribution in [0.1, 0.15) is 20.8 Å². The minimum absolute atomic E-state index is 0.255. The molecule has 0 saturated carbocycles. The number of nitrogens with zero attached hydrogens (tertiary/aromatic N) is 1. The van der Waals surface area contributed by atoms with Gasteiger partial charge in [0.2, 0.25) is 0 Å². The van der Waals surface area contributed by atoms with E-state index < -0.39 is 0 Å². The molecule has 1 amide bonds. The predicted octanol–water partition coefficient (Wildman–Crippen LogP) is 4.19. The number of thiazole rings is 1. The van der Waals surface area contributed by atoms with Gasteiger partial charge in [-0.25, -0.2) is 4.98 Å². The molecule has 0 spiro atoms. The molecule has 1 aromatic heterocycles. The van der Waals surface area contributed by atoms with E-state index in [1.54, 1.807) is 39.5 Å². The van der Waals surface area contributed by atoms with Gasteiger partial charge in [-0.1, -0.05) is 6.07 Å². The molecule has 144 valence electrons. The molecule has 1 N–H and O–H groups in total. The number of carbonyl (C=O) groups is 1. The molecule has 0 bridgehead atoms. The van der Waals surface area contributed by atoms with Crippen molar-refractivity contribution in [1.82, 2.24) is 4.98 Å². The third-order valence-corrected chi connectivity index (χ3v) is 5.76. The van der Waals surface area contributed by atoms with Crippen molar-refractivity contribution in [1.29, 1.82) is 0 Å². The summed E-state index contributed by atoms with van der Waals surface area (Å²) in [6.07, 6.45) is 1.87. The van der Waals surface area contributed by atoms with E-state index in [0.29, 0.717) is 22.2 Å². The van der Waals surface area contributed by atoms with Crippen LogP contribution < -0.4 is 19.5 Å². The number of benzene rings is 2. The van der Waals surface area contributed by atoms with Gasteiger partial charge in [-0.2, -0.15) is 0 Å². The minimum Gasteiger partial charge on any atom is -0.497 e. The number of methoxy groups -OCH3 is 3. The lowest BCUT2D eigenvalue weighted by atomic mass is 9.93. The molecule has 4 rings (SSSR count). The average Bonchev–Trinajstić information content (AvgIpc) is 3.15. The van der Waals surface area contributed by atoms with Gasteiger partial charge in [-0.15, -0.1) is 11.3 Å². The summed E-state index contributed by atoms with van der Waals surface area (Å²) in [7, 11) is 4.76. The van der Waals surface area contributed by atoms with Crippen molar-refractivity contribution >= 4 is 22.4 Å². The first-order valence-corrected chi connectivity index (χ1v) is 9.64. The number of ether oxygens (including phenoxy) is 3. The highest BCUT2D eigenvalue weighted by Gasteiger charge is 2.22. The number of rotatable bonds is 5. The highest BCUT2D eigenvalue weighted by molar-refractivity contribution is 7.16. The summed E-state index contributed by atoms with van der Waals surface area (Å²) in [6, 6.07) is 11.1. The first-order valence-electron chi connectivity index (χ1n) is 8.82. The third kappa shape index (κ3) is 3.41. The van der Waals surface area contributed by atoms with Crippen LogP contribution in [-0.2, 0) is 12.8 Å². The lowest BCUT2D eigenvalue weighted by molar-refractivity contribution is 0.102. The Bertz CT molecular complexity index is 1020. The van der Waals surface area contributed by atoms with Crippen molar-refractivity contribution in [3.05, 3.63) is 52.4 Å². The van der Waals surface area contributed by atoms with E-state index in [0.717, 1.165) is 29.8 Å². The first-order chi connectivity index (χ1) is 13.6. The van der Waals surface area contributed by atoms with E-state index in [-0.39, 0.29) is 5.91 Å². The average molecular weight is 396 g/mol. The van der Waals surface area contributed by atoms with E-state index in [2.05, 4.69) is 16.4 Å². The zero-order valence-electron chi connectivity index (χ0n) is 15.9. The van der Waals surface area contributed by atoms with Gasteiger partial charge in [-0.3, -0.25) is 10.1 Å². The molecular weight excluding hydrogens is 376 g/mol. The van der Waals surface area contributed by atoms with E-state index in [4.69, 9.17) is 14.2 Å². The predicted molar refractivity (Wildman–Crippen MR) is 109 cm³/mol. The Kier molecular flexibility index (Phi) is 4.92. The number of hydrogen-bond acceptors (Lipinski definition) is 6. The van der Waals surface area contributed by atoms with E-state index in [9.17, 15) is 4.79 Å². The van der Waals surface area contributed by atoms with Crippen LogP contribution >= 0.6 is 11.3 Å². The zero-order valence-corrected chi connectivity index (χ0v) is 16.7. The summed E-state index contributed by atoms with van der Waals surface area (Å²) >= 11 is 1.51. The monoisotopic (exact) mass is 396 g/mol. The highest BCUT2D eigenvalue weighted by atomic mass is 32.1. The molecule has 0 saturated heterocycles. The fourth-order valence-corrected chi connectivity index (χ4v) is 4.23. The van der Waals surface area contributed by atoms with Gasteiger partial charge in [0, 0.05) is 22.1 Å². The summed E-state index contributed by atoms with van der Waals surface area (Å²) < 4.78 is 15.8. The van der Waals surface area contributed by atoms with Gasteiger partial charge in [0.05, 0.1) is 27.0 Å². The molecule has 0 aliphatic heterocycles. The Hall–Kier alpha value is -3.06. The Labute approximate surface area is 167 Å². The SMILES string of the molecule is COc1cc(OC)cc(C(=O)Nc2nc3c(s2)CCc2ccc(OC)cc2-3)c1. The quantitative estimate of drug-likeness (QED) is 0.700. The number of hydrogen-bond donors (Lipinski definition) is 1. The molecule has 0 fully saturated rings. The number of aryl methyl sites for hydroxylation is 2. The lowest BCUT2D eigenvalue weighted by Gasteiger charge is -2.15.